The Morgan fingerprint density at radius 3 is 2.48 bits per heavy atom. The fourth-order valence-corrected chi connectivity index (χ4v) is 3.59. The van der Waals surface area contributed by atoms with Crippen molar-refractivity contribution in [2.75, 3.05) is 6.54 Å². The van der Waals surface area contributed by atoms with Crippen LogP contribution in [0.5, 0.6) is 0 Å². The average molecular weight is 341 g/mol. The van der Waals surface area contributed by atoms with E-state index in [1.807, 2.05) is 0 Å². The van der Waals surface area contributed by atoms with Gasteiger partial charge in [-0.05, 0) is 37.3 Å². The van der Waals surface area contributed by atoms with Gasteiger partial charge in [0.15, 0.2) is 0 Å². The Bertz CT molecular complexity index is 687. The molecule has 0 aliphatic heterocycles. The average Bonchev–Trinajstić information content (AvgIpc) is 2.90. The molecule has 0 bridgehead atoms. The third-order valence-corrected chi connectivity index (χ3v) is 5.26. The van der Waals surface area contributed by atoms with E-state index in [9.17, 15) is 23.3 Å². The predicted octanol–water partition coefficient (Wildman–Crippen LogP) is 1.18. The van der Waals surface area contributed by atoms with E-state index in [0.717, 1.165) is 43.5 Å². The molecular formula is C14H19N3O5S. The lowest BCUT2D eigenvalue weighted by Crippen LogP contribution is -2.41. The van der Waals surface area contributed by atoms with Gasteiger partial charge in [-0.2, -0.15) is 0 Å². The van der Waals surface area contributed by atoms with E-state index < -0.39 is 14.9 Å². The van der Waals surface area contributed by atoms with Crippen molar-refractivity contribution in [3.63, 3.8) is 0 Å². The molecule has 0 spiro atoms. The number of hydrogen-bond acceptors (Lipinski definition) is 5. The molecule has 0 radical (unpaired) electrons. The molecule has 2 N–H and O–H groups in total. The van der Waals surface area contributed by atoms with Gasteiger partial charge in [-0.1, -0.05) is 6.92 Å². The SMILES string of the molecule is C[C@H]1CC[C@H](NC(=O)CNS(=O)(=O)c2ccc([N+](=O)[O-])cc2)C1. The van der Waals surface area contributed by atoms with Gasteiger partial charge in [-0.25, -0.2) is 13.1 Å². The van der Waals surface area contributed by atoms with Gasteiger partial charge in [-0.3, -0.25) is 14.9 Å². The molecule has 1 fully saturated rings. The zero-order chi connectivity index (χ0) is 17.0. The highest BCUT2D eigenvalue weighted by Gasteiger charge is 2.23. The largest absolute Gasteiger partial charge is 0.352 e. The third kappa shape index (κ3) is 4.73. The molecule has 2 rings (SSSR count). The molecule has 1 amide bonds. The first-order valence-corrected chi connectivity index (χ1v) is 8.80. The number of benzene rings is 1. The van der Waals surface area contributed by atoms with Gasteiger partial charge in [0.05, 0.1) is 16.4 Å². The molecule has 126 valence electrons. The second-order valence-electron chi connectivity index (χ2n) is 5.76. The van der Waals surface area contributed by atoms with Crippen molar-refractivity contribution in [3.05, 3.63) is 34.4 Å². The number of non-ortho nitro benzene ring substituents is 1. The molecule has 2 atom stereocenters. The fraction of sp³-hybridized carbons (Fsp3) is 0.500. The number of nitrogens with zero attached hydrogens (tertiary/aromatic N) is 1. The smallest absolute Gasteiger partial charge is 0.269 e. The van der Waals surface area contributed by atoms with E-state index in [0.29, 0.717) is 5.92 Å². The van der Waals surface area contributed by atoms with Crippen molar-refractivity contribution in [1.29, 1.82) is 0 Å². The molecule has 1 saturated carbocycles. The van der Waals surface area contributed by atoms with Gasteiger partial charge in [0.25, 0.3) is 5.69 Å². The quantitative estimate of drug-likeness (QED) is 0.595. The number of carbonyl (C=O) groups is 1. The van der Waals surface area contributed by atoms with E-state index in [1.54, 1.807) is 0 Å². The monoisotopic (exact) mass is 341 g/mol. The minimum Gasteiger partial charge on any atom is -0.352 e. The van der Waals surface area contributed by atoms with Crippen molar-refractivity contribution in [2.24, 2.45) is 5.92 Å². The first kappa shape index (κ1) is 17.4. The number of sulfonamides is 1. The molecule has 0 saturated heterocycles. The molecule has 1 aliphatic rings. The molecule has 1 aromatic rings. The lowest BCUT2D eigenvalue weighted by molar-refractivity contribution is -0.384. The van der Waals surface area contributed by atoms with Crippen LogP contribution in [0, 0.1) is 16.0 Å². The summed E-state index contributed by atoms with van der Waals surface area (Å²) in [7, 11) is -3.88. The summed E-state index contributed by atoms with van der Waals surface area (Å²) in [6, 6.07) is 4.58. The van der Waals surface area contributed by atoms with Crippen molar-refractivity contribution < 1.29 is 18.1 Å². The van der Waals surface area contributed by atoms with Gasteiger partial charge < -0.3 is 5.32 Å². The van der Waals surface area contributed by atoms with Crippen molar-refractivity contribution in [3.8, 4) is 0 Å². The van der Waals surface area contributed by atoms with Crippen LogP contribution in [-0.4, -0.2) is 31.8 Å². The standard InChI is InChI=1S/C14H19N3O5S/c1-10-2-3-11(8-10)16-14(18)9-15-23(21,22)13-6-4-12(5-7-13)17(19)20/h4-7,10-11,15H,2-3,8-9H2,1H3,(H,16,18)/t10-,11-/m0/s1. The number of nitro benzene ring substituents is 1. The van der Waals surface area contributed by atoms with Crippen molar-refractivity contribution in [1.82, 2.24) is 10.0 Å². The van der Waals surface area contributed by atoms with E-state index >= 15 is 0 Å². The molecule has 1 aromatic carbocycles. The zero-order valence-corrected chi connectivity index (χ0v) is 13.5. The molecule has 0 unspecified atom stereocenters. The summed E-state index contributed by atoms with van der Waals surface area (Å²) in [5.74, 6) is 0.187. The summed E-state index contributed by atoms with van der Waals surface area (Å²) in [4.78, 5) is 21.6. The molecular weight excluding hydrogens is 322 g/mol. The molecule has 8 nitrogen and oxygen atoms in total. The number of amides is 1. The number of hydrogen-bond donors (Lipinski definition) is 2. The minimum absolute atomic E-state index is 0.0985. The van der Waals surface area contributed by atoms with Gasteiger partial charge in [0, 0.05) is 18.2 Å². The van der Waals surface area contributed by atoms with Crippen LogP contribution in [0.25, 0.3) is 0 Å². The van der Waals surface area contributed by atoms with Crippen LogP contribution >= 0.6 is 0 Å². The van der Waals surface area contributed by atoms with Crippen LogP contribution in [0.15, 0.2) is 29.2 Å². The van der Waals surface area contributed by atoms with Crippen LogP contribution < -0.4 is 10.0 Å². The normalized spacial score (nSPS) is 21.1. The highest BCUT2D eigenvalue weighted by molar-refractivity contribution is 7.89. The lowest BCUT2D eigenvalue weighted by atomic mass is 10.1. The van der Waals surface area contributed by atoms with Gasteiger partial charge in [-0.15, -0.1) is 0 Å². The maximum atomic E-state index is 12.0. The minimum atomic E-state index is -3.88. The summed E-state index contributed by atoms with van der Waals surface area (Å²) in [5.41, 5.74) is -0.197. The second kappa shape index (κ2) is 7.05. The van der Waals surface area contributed by atoms with E-state index in [2.05, 4.69) is 17.0 Å². The summed E-state index contributed by atoms with van der Waals surface area (Å²) >= 11 is 0. The van der Waals surface area contributed by atoms with Gasteiger partial charge in [0.1, 0.15) is 0 Å². The first-order chi connectivity index (χ1) is 10.8. The Morgan fingerprint density at radius 2 is 1.96 bits per heavy atom. The summed E-state index contributed by atoms with van der Waals surface area (Å²) < 4.78 is 26.3. The van der Waals surface area contributed by atoms with Gasteiger partial charge >= 0.3 is 0 Å². The maximum Gasteiger partial charge on any atom is 0.269 e. The molecule has 1 aliphatic carbocycles. The predicted molar refractivity (Wildman–Crippen MR) is 83.2 cm³/mol. The van der Waals surface area contributed by atoms with Gasteiger partial charge in [0.2, 0.25) is 15.9 Å². The topological polar surface area (TPSA) is 118 Å². The van der Waals surface area contributed by atoms with E-state index in [-0.39, 0.29) is 29.1 Å². The molecule has 0 aromatic heterocycles. The first-order valence-electron chi connectivity index (χ1n) is 7.31. The fourth-order valence-electron chi connectivity index (χ4n) is 2.61. The summed E-state index contributed by atoms with van der Waals surface area (Å²) in [6.07, 6.45) is 2.86. The molecule has 23 heavy (non-hydrogen) atoms. The Kier molecular flexibility index (Phi) is 5.32. The zero-order valence-electron chi connectivity index (χ0n) is 12.7. The van der Waals surface area contributed by atoms with Crippen LogP contribution in [0.1, 0.15) is 26.2 Å². The van der Waals surface area contributed by atoms with Crippen molar-refractivity contribution >= 4 is 21.6 Å². The van der Waals surface area contributed by atoms with Crippen molar-refractivity contribution in [2.45, 2.75) is 37.1 Å². The highest BCUT2D eigenvalue weighted by Crippen LogP contribution is 2.24. The van der Waals surface area contributed by atoms with Crippen LogP contribution in [0.2, 0.25) is 0 Å². The van der Waals surface area contributed by atoms with Crippen LogP contribution in [-0.2, 0) is 14.8 Å². The Morgan fingerprint density at radius 1 is 1.30 bits per heavy atom. The van der Waals surface area contributed by atoms with E-state index in [4.69, 9.17) is 0 Å². The molecule has 0 heterocycles. The van der Waals surface area contributed by atoms with E-state index in [1.165, 1.54) is 0 Å². The lowest BCUT2D eigenvalue weighted by Gasteiger charge is -2.13. The molecule has 9 heteroatoms. The summed E-state index contributed by atoms with van der Waals surface area (Å²) in [6.45, 7) is 1.76. The highest BCUT2D eigenvalue weighted by atomic mass is 32.2. The Labute approximate surface area is 134 Å². The summed E-state index contributed by atoms with van der Waals surface area (Å²) in [5, 5.41) is 13.4. The Hall–Kier alpha value is -2.00. The van der Waals surface area contributed by atoms with Crippen LogP contribution in [0.3, 0.4) is 0 Å². The number of nitro groups is 1. The number of carbonyl (C=O) groups excluding carboxylic acids is 1. The number of rotatable bonds is 6. The maximum absolute atomic E-state index is 12.0. The second-order valence-corrected chi connectivity index (χ2v) is 7.53. The third-order valence-electron chi connectivity index (χ3n) is 3.84. The number of nitrogens with one attached hydrogen (secondary N) is 2. The van der Waals surface area contributed by atoms with Crippen LogP contribution in [0.4, 0.5) is 5.69 Å². The Balaban J connectivity index is 1.90.